The molecule has 1 N–H and O–H groups in total. The molecule has 0 amide bonds. The van der Waals surface area contributed by atoms with Crippen LogP contribution in [0.1, 0.15) is 0 Å². The summed E-state index contributed by atoms with van der Waals surface area (Å²) in [4.78, 5) is 18.5. The Kier molecular flexibility index (Phi) is 23.6. The van der Waals surface area contributed by atoms with Crippen molar-refractivity contribution in [1.29, 1.82) is 0 Å². The minimum absolute atomic E-state index is 0. The second kappa shape index (κ2) is 14.1. The Hall–Kier alpha value is 1.59. The average molecular weight is 249 g/mol. The molecule has 0 rings (SSSR count). The molecule has 0 spiro atoms. The molecule has 60 valence electrons. The first-order valence-corrected chi connectivity index (χ1v) is 4.40. The maximum atomic E-state index is 9.24. The van der Waals surface area contributed by atoms with Crippen LogP contribution in [0, 0.1) is 0 Å². The first-order chi connectivity index (χ1) is 4.54. The van der Waals surface area contributed by atoms with Crippen molar-refractivity contribution in [2.24, 2.45) is 0 Å². The van der Waals surface area contributed by atoms with Crippen molar-refractivity contribution in [3.8, 4) is 0 Å². The fraction of sp³-hybridized carbons (Fsp3) is 1.00. The van der Waals surface area contributed by atoms with Gasteiger partial charge in [-0.3, -0.25) is 0 Å². The van der Waals surface area contributed by atoms with Crippen molar-refractivity contribution in [1.82, 2.24) is 0 Å². The summed E-state index contributed by atoms with van der Waals surface area (Å²) >= 11 is 4.55. The zero-order chi connectivity index (χ0) is 8.57. The van der Waals surface area contributed by atoms with E-state index in [9.17, 15) is 18.9 Å². The molecule has 0 heterocycles. The largest absolute Gasteiger partial charge is 2.00 e. The third-order valence-corrected chi connectivity index (χ3v) is 1.20. The molecule has 0 fully saturated rings. The van der Waals surface area contributed by atoms with Crippen LogP contribution in [0.5, 0.6) is 0 Å². The molecule has 6 nitrogen and oxygen atoms in total. The molecule has 11 heavy (non-hydrogen) atoms. The molecule has 0 aromatic rings. The third-order valence-electron chi connectivity index (χ3n) is 0.133. The van der Waals surface area contributed by atoms with Crippen LogP contribution < -0.4 is 9.79 Å². The van der Waals surface area contributed by atoms with E-state index in [1.54, 1.807) is 0 Å². The van der Waals surface area contributed by atoms with E-state index in [0.29, 0.717) is 0 Å². The van der Waals surface area contributed by atoms with E-state index in [1.807, 2.05) is 0 Å². The molecule has 0 aliphatic heterocycles. The monoisotopic (exact) mass is 248 g/mol. The minimum Gasteiger partial charge on any atom is -0.563 e. The molecule has 0 radical (unpaired) electrons. The summed E-state index contributed by atoms with van der Waals surface area (Å²) in [5.41, 5.74) is 0. The summed E-state index contributed by atoms with van der Waals surface area (Å²) in [6.45, 7) is 0. The second-order valence-corrected chi connectivity index (χ2v) is 2.44. The second-order valence-electron chi connectivity index (χ2n) is 0.648. The predicted octanol–water partition coefficient (Wildman–Crippen LogP) is -1.17. The van der Waals surface area contributed by atoms with Gasteiger partial charge in [-0.2, -0.15) is 0 Å². The van der Waals surface area contributed by atoms with E-state index in [4.69, 9.17) is 5.11 Å². The van der Waals surface area contributed by atoms with Crippen molar-refractivity contribution in [2.45, 2.75) is 0 Å². The SMILES string of the molecule is O=[P+]([O-])O[P+](=O)[O-].OCCl.[Ca+2]. The van der Waals surface area contributed by atoms with Gasteiger partial charge in [-0.25, -0.2) is 0 Å². The molecule has 0 aliphatic rings. The van der Waals surface area contributed by atoms with Crippen LogP contribution in [-0.4, -0.2) is 48.9 Å². The maximum Gasteiger partial charge on any atom is 2.00 e. The van der Waals surface area contributed by atoms with E-state index in [0.717, 1.165) is 0 Å². The van der Waals surface area contributed by atoms with Crippen LogP contribution in [-0.2, 0) is 13.4 Å². The molecule has 10 heteroatoms. The van der Waals surface area contributed by atoms with E-state index in [1.165, 1.54) is 0 Å². The zero-order valence-corrected chi connectivity index (χ0v) is 9.93. The number of rotatable bonds is 2. The Bertz CT molecular complexity index is 107. The summed E-state index contributed by atoms with van der Waals surface area (Å²) in [5.74, 6) is 0. The van der Waals surface area contributed by atoms with Crippen LogP contribution in [0.4, 0.5) is 0 Å². The number of hydrogen-bond donors (Lipinski definition) is 1. The topological polar surface area (TPSA) is 110 Å². The quantitative estimate of drug-likeness (QED) is 0.375. The van der Waals surface area contributed by atoms with Crippen LogP contribution in [0.15, 0.2) is 0 Å². The summed E-state index contributed by atoms with van der Waals surface area (Å²) in [7, 11) is -6.47. The van der Waals surface area contributed by atoms with E-state index >= 15 is 0 Å². The molecule has 0 saturated carbocycles. The van der Waals surface area contributed by atoms with Gasteiger partial charge in [0.1, 0.15) is 10.4 Å². The van der Waals surface area contributed by atoms with Gasteiger partial charge in [0.15, 0.2) is 0 Å². The molecular weight excluding hydrogens is 245 g/mol. The third kappa shape index (κ3) is 34.1. The van der Waals surface area contributed by atoms with Gasteiger partial charge in [0, 0.05) is 0 Å². The number of halogens is 1. The summed E-state index contributed by atoms with van der Waals surface area (Å²) in [6.07, 6.45) is 0. The van der Waals surface area contributed by atoms with Gasteiger partial charge in [-0.15, -0.1) is 0 Å². The van der Waals surface area contributed by atoms with Crippen LogP contribution in [0.25, 0.3) is 0 Å². The van der Waals surface area contributed by atoms with Crippen molar-refractivity contribution in [3.05, 3.63) is 0 Å². The Morgan fingerprint density at radius 3 is 1.55 bits per heavy atom. The van der Waals surface area contributed by atoms with Crippen molar-refractivity contribution in [2.75, 3.05) is 6.07 Å². The number of hydrogen-bond acceptors (Lipinski definition) is 6. The smallest absolute Gasteiger partial charge is 0.563 e. The Balaban J connectivity index is -0.000000140. The molecule has 0 aliphatic carbocycles. The molecule has 0 aromatic carbocycles. The van der Waals surface area contributed by atoms with Crippen molar-refractivity contribution < 1.29 is 28.3 Å². The molecule has 0 aromatic heterocycles. The standard InChI is InChI=1S/CH3ClO.Ca.O5P2/c2-1-3;;1-6(2)5-7(3)4/h3H,1H2;;/q;+2;. The normalized spacial score (nSPS) is 10.2. The van der Waals surface area contributed by atoms with E-state index in [2.05, 4.69) is 15.9 Å². The van der Waals surface area contributed by atoms with Gasteiger partial charge < -0.3 is 14.9 Å². The van der Waals surface area contributed by atoms with E-state index < -0.39 is 16.5 Å². The first kappa shape index (κ1) is 18.4. The molecule has 2 unspecified atom stereocenters. The average Bonchev–Trinajstić information content (AvgIpc) is 1.62. The van der Waals surface area contributed by atoms with Gasteiger partial charge in [0.2, 0.25) is 0 Å². The van der Waals surface area contributed by atoms with Gasteiger partial charge >= 0.3 is 54.2 Å². The van der Waals surface area contributed by atoms with Crippen LogP contribution >= 0.6 is 28.1 Å². The number of aliphatic hydroxyl groups excluding tert-OH is 1. The first-order valence-electron chi connectivity index (χ1n) is 1.68. The Morgan fingerprint density at radius 1 is 1.36 bits per heavy atom. The fourth-order valence-electron chi connectivity index (χ4n) is 0.0544. The van der Waals surface area contributed by atoms with E-state index in [-0.39, 0.29) is 43.8 Å². The van der Waals surface area contributed by atoms with Crippen molar-refractivity contribution in [3.63, 3.8) is 0 Å². The Morgan fingerprint density at radius 2 is 1.55 bits per heavy atom. The van der Waals surface area contributed by atoms with Crippen LogP contribution in [0.2, 0.25) is 0 Å². The van der Waals surface area contributed by atoms with Crippen molar-refractivity contribution >= 4 is 65.8 Å². The maximum absolute atomic E-state index is 9.24. The number of alkyl halides is 1. The summed E-state index contributed by atoms with van der Waals surface area (Å²) in [6, 6.07) is -0.278. The van der Waals surface area contributed by atoms with Gasteiger partial charge in [-0.1, -0.05) is 11.6 Å². The summed E-state index contributed by atoms with van der Waals surface area (Å²) in [5, 5.41) is 7.33. The predicted molar refractivity (Wildman–Crippen MR) is 35.0 cm³/mol. The van der Waals surface area contributed by atoms with Gasteiger partial charge in [0.25, 0.3) is 0 Å². The molecular formula is CH3CaClO6P2+2. The zero-order valence-electron chi connectivity index (χ0n) is 5.18. The van der Waals surface area contributed by atoms with Gasteiger partial charge in [0.05, 0.1) is 0 Å². The molecule has 2 atom stereocenters. The van der Waals surface area contributed by atoms with Gasteiger partial charge in [-0.05, 0) is 9.13 Å². The summed E-state index contributed by atoms with van der Waals surface area (Å²) < 4.78 is 21.6. The molecule has 0 saturated heterocycles. The number of aliphatic hydroxyl groups is 1. The Labute approximate surface area is 99.4 Å². The fourth-order valence-corrected chi connectivity index (χ4v) is 0.490. The minimum atomic E-state index is -3.24. The van der Waals surface area contributed by atoms with Crippen LogP contribution in [0.3, 0.4) is 0 Å². The molecule has 0 bridgehead atoms.